The van der Waals surface area contributed by atoms with E-state index in [2.05, 4.69) is 0 Å². The fourth-order valence-corrected chi connectivity index (χ4v) is 4.28. The fraction of sp³-hybridized carbons (Fsp3) is 0.333. The molecule has 0 bridgehead atoms. The van der Waals surface area contributed by atoms with Gasteiger partial charge in [0.2, 0.25) is 5.79 Å². The molecule has 1 saturated heterocycles. The van der Waals surface area contributed by atoms with Crippen molar-refractivity contribution in [3.8, 4) is 0 Å². The van der Waals surface area contributed by atoms with Crippen LogP contribution in [0.4, 0.5) is 0 Å². The lowest BCUT2D eigenvalue weighted by atomic mass is 9.68. The summed E-state index contributed by atoms with van der Waals surface area (Å²) in [6.45, 7) is -0.769. The predicted octanol–water partition coefficient (Wildman–Crippen LogP) is 2.91. The van der Waals surface area contributed by atoms with Crippen molar-refractivity contribution in [3.05, 3.63) is 108 Å². The number of aliphatic hydroxyl groups excluding tert-OH is 1. The van der Waals surface area contributed by atoms with Crippen LogP contribution in [-0.4, -0.2) is 52.1 Å². The molecular weight excluding hydrogens is 404 g/mol. The normalized spacial score (nSPS) is 34.1. The van der Waals surface area contributed by atoms with Crippen LogP contribution >= 0.6 is 0 Å². The van der Waals surface area contributed by atoms with Gasteiger partial charge in [-0.05, 0) is 16.7 Å². The number of ether oxygens (including phenoxy) is 2. The summed E-state index contributed by atoms with van der Waals surface area (Å²) >= 11 is 0. The van der Waals surface area contributed by atoms with E-state index in [1.54, 1.807) is 91.0 Å². The molecule has 3 N–H and O–H groups in total. The van der Waals surface area contributed by atoms with Crippen molar-refractivity contribution in [1.82, 2.24) is 0 Å². The molecule has 1 fully saturated rings. The van der Waals surface area contributed by atoms with E-state index in [9.17, 15) is 16.7 Å². The summed E-state index contributed by atoms with van der Waals surface area (Å²) in [5, 5.41) is 35.2. The molecule has 0 amide bonds. The zero-order valence-corrected chi connectivity index (χ0v) is 17.8. The van der Waals surface area contributed by atoms with E-state index in [0.29, 0.717) is 16.7 Å². The Balaban J connectivity index is 1.99. The number of hydrogen-bond acceptors (Lipinski definition) is 5. The van der Waals surface area contributed by atoms with Gasteiger partial charge in [0.1, 0.15) is 11.7 Å². The van der Waals surface area contributed by atoms with Crippen LogP contribution in [0.25, 0.3) is 0 Å². The molecule has 1 heterocycles. The third kappa shape index (κ3) is 3.87. The third-order valence-electron chi connectivity index (χ3n) is 5.94. The highest BCUT2D eigenvalue weighted by molar-refractivity contribution is 5.31. The maximum Gasteiger partial charge on any atom is 0.205 e. The van der Waals surface area contributed by atoms with Crippen LogP contribution in [0.15, 0.2) is 91.0 Å². The zero-order chi connectivity index (χ0) is 25.3. The molecule has 0 aliphatic carbocycles. The minimum atomic E-state index is -2.66. The van der Waals surface area contributed by atoms with Crippen LogP contribution in [0.5, 0.6) is 0 Å². The highest BCUT2D eigenvalue weighted by Gasteiger charge is 2.73. The Hall–Kier alpha value is -2.54. The number of methoxy groups -OCH3 is 1. The van der Waals surface area contributed by atoms with E-state index in [1.165, 1.54) is 7.11 Å². The van der Waals surface area contributed by atoms with Crippen LogP contribution in [0, 0.1) is 0 Å². The monoisotopic (exact) mass is 437 g/mol. The highest BCUT2D eigenvalue weighted by Crippen LogP contribution is 2.52. The maximum atomic E-state index is 12.6. The Morgan fingerprint density at radius 1 is 0.781 bits per heavy atom. The summed E-state index contributed by atoms with van der Waals surface area (Å²) in [7, 11) is 1.23. The quantitative estimate of drug-likeness (QED) is 0.505. The van der Waals surface area contributed by atoms with E-state index in [-0.39, 0.29) is 0 Å². The van der Waals surface area contributed by atoms with Crippen LogP contribution in [0.3, 0.4) is 0 Å². The first-order valence-corrected chi connectivity index (χ1v) is 10.5. The summed E-state index contributed by atoms with van der Waals surface area (Å²) in [4.78, 5) is 0. The summed E-state index contributed by atoms with van der Waals surface area (Å²) in [5.74, 6) is -2.30. The largest absolute Gasteiger partial charge is 0.394 e. The smallest absolute Gasteiger partial charge is 0.205 e. The van der Waals surface area contributed by atoms with E-state index in [1.807, 2.05) is 0 Å². The summed E-state index contributed by atoms with van der Waals surface area (Å²) in [6, 6.07) is 25.3. The van der Waals surface area contributed by atoms with E-state index in [0.717, 1.165) is 0 Å². The topological polar surface area (TPSA) is 79.2 Å². The van der Waals surface area contributed by atoms with Gasteiger partial charge in [0.25, 0.3) is 0 Å². The molecule has 1 aliphatic heterocycles. The van der Waals surface area contributed by atoms with Crippen LogP contribution < -0.4 is 0 Å². The van der Waals surface area contributed by atoms with Gasteiger partial charge in [0, 0.05) is 30.4 Å². The molecule has 0 saturated carbocycles. The van der Waals surface area contributed by atoms with Crippen molar-refractivity contribution in [2.45, 2.75) is 42.3 Å². The van der Waals surface area contributed by atoms with Crippen molar-refractivity contribution in [3.63, 3.8) is 0 Å². The van der Waals surface area contributed by atoms with Crippen molar-refractivity contribution in [1.29, 1.82) is 0 Å². The van der Waals surface area contributed by atoms with E-state index >= 15 is 0 Å². The average Bonchev–Trinajstić information content (AvgIpc) is 3.14. The summed E-state index contributed by atoms with van der Waals surface area (Å²) in [5.41, 5.74) is -4.10. The van der Waals surface area contributed by atoms with E-state index < -0.39 is 48.9 Å². The Morgan fingerprint density at radius 2 is 1.22 bits per heavy atom. The second-order valence-electron chi connectivity index (χ2n) is 7.92. The predicted molar refractivity (Wildman–Crippen MR) is 122 cm³/mol. The second-order valence-corrected chi connectivity index (χ2v) is 7.92. The highest BCUT2D eigenvalue weighted by atomic mass is 16.7. The van der Waals surface area contributed by atoms with Gasteiger partial charge in [-0.1, -0.05) is 91.0 Å². The van der Waals surface area contributed by atoms with Gasteiger partial charge in [-0.25, -0.2) is 0 Å². The van der Waals surface area contributed by atoms with Gasteiger partial charge in [-0.2, -0.15) is 0 Å². The number of hydrogen-bond donors (Lipinski definition) is 3. The molecule has 5 nitrogen and oxygen atoms in total. The van der Waals surface area contributed by atoms with Gasteiger partial charge in [0.05, 0.1) is 6.61 Å². The van der Waals surface area contributed by atoms with Gasteiger partial charge in [-0.3, -0.25) is 0 Å². The molecule has 3 aromatic rings. The lowest BCUT2D eigenvalue weighted by Gasteiger charge is -2.46. The van der Waals surface area contributed by atoms with Crippen LogP contribution in [-0.2, 0) is 28.7 Å². The van der Waals surface area contributed by atoms with Crippen LogP contribution in [0.2, 0.25) is 0 Å². The molecule has 0 aromatic heterocycles. The molecule has 0 radical (unpaired) electrons. The Morgan fingerprint density at radius 3 is 1.66 bits per heavy atom. The number of benzene rings is 3. The first-order chi connectivity index (χ1) is 16.8. The first kappa shape index (κ1) is 19.0. The minimum absolute atomic E-state index is 0.331. The van der Waals surface area contributed by atoms with Crippen molar-refractivity contribution in [2.75, 3.05) is 13.7 Å². The molecule has 4 rings (SSSR count). The molecule has 4 unspecified atom stereocenters. The van der Waals surface area contributed by atoms with Gasteiger partial charge in [-0.15, -0.1) is 0 Å². The molecule has 1 aliphatic rings. The zero-order valence-electron chi connectivity index (χ0n) is 20.8. The lowest BCUT2D eigenvalue weighted by molar-refractivity contribution is -0.287. The molecular formula is C27H30O5. The molecule has 168 valence electrons. The average molecular weight is 438 g/mol. The summed E-state index contributed by atoms with van der Waals surface area (Å²) < 4.78 is 39.2. The lowest BCUT2D eigenvalue weighted by Crippen LogP contribution is -2.67. The van der Waals surface area contributed by atoms with E-state index in [4.69, 9.17) is 12.2 Å². The van der Waals surface area contributed by atoms with Gasteiger partial charge >= 0.3 is 0 Å². The second kappa shape index (κ2) is 9.14. The molecule has 7 atom stereocenters. The Bertz CT molecular complexity index is 1060. The third-order valence-corrected chi connectivity index (χ3v) is 5.94. The molecule has 3 aromatic carbocycles. The maximum absolute atomic E-state index is 12.6. The van der Waals surface area contributed by atoms with Crippen molar-refractivity contribution in [2.24, 2.45) is 0 Å². The van der Waals surface area contributed by atoms with Gasteiger partial charge in [0.15, 0.2) is 5.60 Å². The summed E-state index contributed by atoms with van der Waals surface area (Å²) in [6.07, 6.45) is -6.09. The van der Waals surface area contributed by atoms with Crippen LogP contribution in [0.1, 0.15) is 20.8 Å². The van der Waals surface area contributed by atoms with Crippen molar-refractivity contribution >= 4 is 0 Å². The Kier molecular flexibility index (Phi) is 5.42. The first-order valence-electron chi connectivity index (χ1n) is 12.2. The standard InChI is InChI=1S/C27H30O5/c1-31-27(19-23-15-9-4-10-16-23)26(30,18-22-13-7-3-8-14-22)25(29,24(20-28)32-27)17-21-11-5-2-6-12-21/h2-16,24,28-30H,17-20H2,1H3/t24-,25+,26-,27?/m1/s1/i17D,18D,19D/t17?,18?,19?,24-,25+,26-,27?. The van der Waals surface area contributed by atoms with Crippen molar-refractivity contribution < 1.29 is 28.9 Å². The number of aliphatic hydroxyl groups is 3. The SMILES string of the molecule is [2H]C(c1ccccc1)C1(OC)O[C@H](CO)[C@@](O)(C([2H])c2ccccc2)[C@]1(O)C([2H])c1ccccc1. The number of rotatable bonds is 8. The Labute approximate surface area is 193 Å². The molecule has 0 spiro atoms. The minimum Gasteiger partial charge on any atom is -0.394 e. The van der Waals surface area contributed by atoms with Gasteiger partial charge < -0.3 is 24.8 Å². The molecule has 5 heteroatoms. The fourth-order valence-electron chi connectivity index (χ4n) is 4.28. The molecule has 32 heavy (non-hydrogen) atoms.